The molecule has 0 aliphatic heterocycles. The second-order valence-corrected chi connectivity index (χ2v) is 9.33. The van der Waals surface area contributed by atoms with Gasteiger partial charge in [0.05, 0.1) is 0 Å². The van der Waals surface area contributed by atoms with Crippen molar-refractivity contribution >= 4 is 18.0 Å². The van der Waals surface area contributed by atoms with Crippen LogP contribution >= 0.6 is 0 Å². The minimum Gasteiger partial charge on any atom is -0.448 e. The van der Waals surface area contributed by atoms with E-state index in [1.54, 1.807) is 13.0 Å². The molecular formula is C25H35N3O3. The number of carbonyl (C=O) groups excluding carboxylic acids is 2. The summed E-state index contributed by atoms with van der Waals surface area (Å²) in [7, 11) is 0. The van der Waals surface area contributed by atoms with Crippen LogP contribution in [0.25, 0.3) is 6.08 Å². The van der Waals surface area contributed by atoms with Gasteiger partial charge in [-0.05, 0) is 88.8 Å². The number of nitrogens with zero attached hydrogens (tertiary/aromatic N) is 2. The number of ether oxygens (including phenoxy) is 1. The quantitative estimate of drug-likeness (QED) is 0.382. The number of hydrogen-bond donors (Lipinski definition) is 1. The lowest BCUT2D eigenvalue weighted by Gasteiger charge is -2.29. The fourth-order valence-electron chi connectivity index (χ4n) is 5.47. The first-order valence-electron chi connectivity index (χ1n) is 11.5. The van der Waals surface area contributed by atoms with Crippen LogP contribution in [-0.2, 0) is 20.9 Å². The molecule has 6 nitrogen and oxygen atoms in total. The predicted molar refractivity (Wildman–Crippen MR) is 120 cm³/mol. The highest BCUT2D eigenvalue weighted by molar-refractivity contribution is 5.99. The van der Waals surface area contributed by atoms with Crippen LogP contribution in [0.4, 0.5) is 0 Å². The topological polar surface area (TPSA) is 84.1 Å². The molecule has 1 N–H and O–H groups in total. The molecule has 2 saturated carbocycles. The Morgan fingerprint density at radius 1 is 1.32 bits per heavy atom. The largest absolute Gasteiger partial charge is 0.448 e. The minimum absolute atomic E-state index is 0.0684. The third-order valence-corrected chi connectivity index (χ3v) is 7.16. The Hall–Kier alpha value is -2.55. The van der Waals surface area contributed by atoms with Gasteiger partial charge in [0.25, 0.3) is 5.91 Å². The van der Waals surface area contributed by atoms with E-state index < -0.39 is 12.1 Å². The number of rotatable bonds is 8. The van der Waals surface area contributed by atoms with Crippen LogP contribution in [0.15, 0.2) is 11.6 Å². The second-order valence-electron chi connectivity index (χ2n) is 9.33. The Kier molecular flexibility index (Phi) is 7.25. The monoisotopic (exact) mass is 425 g/mol. The first-order chi connectivity index (χ1) is 14.7. The summed E-state index contributed by atoms with van der Waals surface area (Å²) < 4.78 is 7.50. The van der Waals surface area contributed by atoms with Gasteiger partial charge in [0.2, 0.25) is 0 Å². The standard InChI is InChI=1S/C25H35N3O3/c1-6-9-28-15(2)10-21(17(28)4)13-22(14-26)25(30)31-18(5)24(29)27-16(3)23-12-19-7-8-20(23)11-19/h10,13,16,18-20,23H,6-9,11-12H2,1-5H3,(H,27,29)/b22-13-/t16-,18+,19-,20-,23+/m1/s1. The molecule has 1 amide bonds. The van der Waals surface area contributed by atoms with Gasteiger partial charge in [-0.1, -0.05) is 13.3 Å². The SMILES string of the molecule is CCCn1c(C)cc(/C=C(/C#N)C(=O)O[C@@H](C)C(=O)N[C@H](C)[C@@H]2C[C@@H]3CC[C@@H]2C3)c1C. The zero-order chi connectivity index (χ0) is 22.7. The Balaban J connectivity index is 1.61. The normalized spacial score (nSPS) is 24.5. The number of fused-ring (bicyclic) bond motifs is 2. The molecule has 2 aliphatic carbocycles. The Morgan fingerprint density at radius 2 is 2.06 bits per heavy atom. The van der Waals surface area contributed by atoms with Gasteiger partial charge in [-0.15, -0.1) is 0 Å². The maximum Gasteiger partial charge on any atom is 0.349 e. The molecule has 6 heteroatoms. The van der Waals surface area contributed by atoms with Gasteiger partial charge in [0, 0.05) is 24.0 Å². The Morgan fingerprint density at radius 3 is 2.65 bits per heavy atom. The lowest BCUT2D eigenvalue weighted by Crippen LogP contribution is -2.45. The minimum atomic E-state index is -0.946. The summed E-state index contributed by atoms with van der Waals surface area (Å²) in [6, 6.07) is 3.96. The molecule has 2 fully saturated rings. The zero-order valence-electron chi connectivity index (χ0n) is 19.4. The van der Waals surface area contributed by atoms with Crippen LogP contribution in [0.5, 0.6) is 0 Å². The van der Waals surface area contributed by atoms with E-state index in [0.717, 1.165) is 35.8 Å². The molecule has 3 rings (SSSR count). The van der Waals surface area contributed by atoms with Crippen molar-refractivity contribution in [3.05, 3.63) is 28.6 Å². The first-order valence-corrected chi connectivity index (χ1v) is 11.5. The van der Waals surface area contributed by atoms with Crippen molar-refractivity contribution in [1.29, 1.82) is 5.26 Å². The van der Waals surface area contributed by atoms with E-state index in [0.29, 0.717) is 11.8 Å². The number of nitrogens with one attached hydrogen (secondary N) is 1. The second kappa shape index (κ2) is 9.72. The van der Waals surface area contributed by atoms with Gasteiger partial charge in [0.1, 0.15) is 11.6 Å². The molecule has 0 radical (unpaired) electrons. The van der Waals surface area contributed by atoms with Crippen LogP contribution in [0.3, 0.4) is 0 Å². The summed E-state index contributed by atoms with van der Waals surface area (Å²) in [6.45, 7) is 10.6. The first kappa shape index (κ1) is 23.1. The number of carbonyl (C=O) groups is 2. The molecule has 0 unspecified atom stereocenters. The predicted octanol–water partition coefficient (Wildman–Crippen LogP) is 4.29. The van der Waals surface area contributed by atoms with E-state index in [-0.39, 0.29) is 17.5 Å². The van der Waals surface area contributed by atoms with Crippen molar-refractivity contribution in [2.45, 2.75) is 85.4 Å². The lowest BCUT2D eigenvalue weighted by atomic mass is 9.84. The summed E-state index contributed by atoms with van der Waals surface area (Å²) in [4.78, 5) is 25.2. The molecule has 0 spiro atoms. The molecular weight excluding hydrogens is 390 g/mol. The van der Waals surface area contributed by atoms with Gasteiger partial charge in [-0.2, -0.15) is 5.26 Å². The maximum atomic E-state index is 12.6. The number of esters is 1. The highest BCUT2D eigenvalue weighted by Gasteiger charge is 2.42. The van der Waals surface area contributed by atoms with Crippen LogP contribution < -0.4 is 5.32 Å². The molecule has 2 aliphatic rings. The maximum absolute atomic E-state index is 12.6. The smallest absolute Gasteiger partial charge is 0.349 e. The van der Waals surface area contributed by atoms with Crippen LogP contribution in [-0.4, -0.2) is 28.6 Å². The van der Waals surface area contributed by atoms with Gasteiger partial charge in [-0.25, -0.2) is 4.79 Å². The number of amides is 1. The van der Waals surface area contributed by atoms with Crippen molar-refractivity contribution in [2.75, 3.05) is 0 Å². The number of aryl methyl sites for hydroxylation is 1. The van der Waals surface area contributed by atoms with Crippen LogP contribution in [0, 0.1) is 42.9 Å². The van der Waals surface area contributed by atoms with E-state index in [9.17, 15) is 14.9 Å². The molecule has 168 valence electrons. The number of nitriles is 1. The third kappa shape index (κ3) is 5.03. The molecule has 1 heterocycles. The zero-order valence-corrected chi connectivity index (χ0v) is 19.4. The lowest BCUT2D eigenvalue weighted by molar-refractivity contribution is -0.151. The molecule has 5 atom stereocenters. The van der Waals surface area contributed by atoms with Gasteiger partial charge in [-0.3, -0.25) is 4.79 Å². The molecule has 1 aromatic rings. The average Bonchev–Trinajstić information content (AvgIpc) is 3.43. The van der Waals surface area contributed by atoms with E-state index in [4.69, 9.17) is 4.74 Å². The van der Waals surface area contributed by atoms with Crippen molar-refractivity contribution < 1.29 is 14.3 Å². The summed E-state index contributed by atoms with van der Waals surface area (Å²) in [5.74, 6) is 0.962. The average molecular weight is 426 g/mol. The highest BCUT2D eigenvalue weighted by Crippen LogP contribution is 2.49. The van der Waals surface area contributed by atoms with Gasteiger partial charge < -0.3 is 14.6 Å². The van der Waals surface area contributed by atoms with E-state index in [1.165, 1.54) is 25.7 Å². The van der Waals surface area contributed by atoms with Crippen LogP contribution in [0.1, 0.15) is 69.8 Å². The van der Waals surface area contributed by atoms with E-state index in [1.807, 2.05) is 32.9 Å². The Bertz CT molecular complexity index is 908. The van der Waals surface area contributed by atoms with Crippen molar-refractivity contribution in [1.82, 2.24) is 9.88 Å². The Labute approximate surface area is 185 Å². The fraction of sp³-hybridized carbons (Fsp3) is 0.640. The van der Waals surface area contributed by atoms with Gasteiger partial charge in [0.15, 0.2) is 6.10 Å². The molecule has 2 bridgehead atoms. The van der Waals surface area contributed by atoms with Gasteiger partial charge >= 0.3 is 5.97 Å². The number of aromatic nitrogens is 1. The summed E-state index contributed by atoms with van der Waals surface area (Å²) in [5.41, 5.74) is 2.81. The van der Waals surface area contributed by atoms with Crippen molar-refractivity contribution in [2.24, 2.45) is 17.8 Å². The molecule has 1 aromatic heterocycles. The van der Waals surface area contributed by atoms with E-state index >= 15 is 0 Å². The summed E-state index contributed by atoms with van der Waals surface area (Å²) in [5, 5.41) is 12.5. The molecule has 0 saturated heterocycles. The van der Waals surface area contributed by atoms with Crippen molar-refractivity contribution in [3.63, 3.8) is 0 Å². The molecule has 31 heavy (non-hydrogen) atoms. The third-order valence-electron chi connectivity index (χ3n) is 7.16. The molecule has 0 aromatic carbocycles. The summed E-state index contributed by atoms with van der Waals surface area (Å²) >= 11 is 0. The van der Waals surface area contributed by atoms with E-state index in [2.05, 4.69) is 16.8 Å². The van der Waals surface area contributed by atoms with Crippen LogP contribution in [0.2, 0.25) is 0 Å². The summed E-state index contributed by atoms with van der Waals surface area (Å²) in [6.07, 6.45) is 6.65. The number of hydrogen-bond acceptors (Lipinski definition) is 4. The highest BCUT2D eigenvalue weighted by atomic mass is 16.5. The van der Waals surface area contributed by atoms with Crippen molar-refractivity contribution in [3.8, 4) is 6.07 Å². The fourth-order valence-corrected chi connectivity index (χ4v) is 5.47.